The van der Waals surface area contributed by atoms with Gasteiger partial charge < -0.3 is 24.8 Å². The number of ether oxygens (including phenoxy) is 2. The van der Waals surface area contributed by atoms with Gasteiger partial charge in [-0.15, -0.1) is 0 Å². The lowest BCUT2D eigenvalue weighted by atomic mass is 10.1. The third-order valence-corrected chi connectivity index (χ3v) is 6.06. The number of phenolic OH excluding ortho intramolecular Hbond substituents is 1. The summed E-state index contributed by atoms with van der Waals surface area (Å²) in [4.78, 5) is 23.4. The maximum absolute atomic E-state index is 14.1. The number of halogens is 1. The zero-order valence-electron chi connectivity index (χ0n) is 18.0. The molecule has 8 nitrogen and oxygen atoms in total. The Morgan fingerprint density at radius 3 is 2.94 bits per heavy atom. The van der Waals surface area contributed by atoms with E-state index in [0.717, 1.165) is 12.8 Å². The number of aromatic hydroxyl groups is 1. The van der Waals surface area contributed by atoms with E-state index in [4.69, 9.17) is 14.5 Å². The summed E-state index contributed by atoms with van der Waals surface area (Å²) in [6.45, 7) is 2.90. The average molecular weight is 452 g/mol. The first-order valence-corrected chi connectivity index (χ1v) is 11.1. The van der Waals surface area contributed by atoms with Crippen molar-refractivity contribution in [3.63, 3.8) is 0 Å². The second kappa shape index (κ2) is 9.19. The number of para-hydroxylation sites is 1. The molecule has 33 heavy (non-hydrogen) atoms. The molecule has 3 aromatic rings. The minimum Gasteiger partial charge on any atom is -0.507 e. The number of hydrogen-bond donors (Lipinski definition) is 2. The van der Waals surface area contributed by atoms with Crippen LogP contribution in [0.4, 0.5) is 15.0 Å². The monoisotopic (exact) mass is 452 g/mol. The first-order valence-electron chi connectivity index (χ1n) is 11.1. The Bertz CT molecular complexity index is 1170. The van der Waals surface area contributed by atoms with E-state index in [9.17, 15) is 14.3 Å². The summed E-state index contributed by atoms with van der Waals surface area (Å²) in [6.07, 6.45) is 0.960. The topological polar surface area (TPSA) is 96.8 Å². The van der Waals surface area contributed by atoms with Gasteiger partial charge in [-0.05, 0) is 42.7 Å². The molecule has 1 amide bonds. The van der Waals surface area contributed by atoms with Crippen molar-refractivity contribution in [3.8, 4) is 17.1 Å². The second-order valence-corrected chi connectivity index (χ2v) is 8.42. The van der Waals surface area contributed by atoms with Crippen LogP contribution in [0.25, 0.3) is 22.3 Å². The van der Waals surface area contributed by atoms with E-state index < -0.39 is 6.09 Å². The van der Waals surface area contributed by atoms with Crippen LogP contribution in [-0.4, -0.2) is 60.1 Å². The molecule has 0 spiro atoms. The van der Waals surface area contributed by atoms with Gasteiger partial charge in [0, 0.05) is 31.4 Å². The van der Waals surface area contributed by atoms with Gasteiger partial charge >= 0.3 is 6.09 Å². The number of alkyl carbamates (subject to hydrolysis) is 1. The Morgan fingerprint density at radius 2 is 2.12 bits per heavy atom. The van der Waals surface area contributed by atoms with Gasteiger partial charge in [-0.2, -0.15) is 0 Å². The predicted molar refractivity (Wildman–Crippen MR) is 121 cm³/mol. The lowest BCUT2D eigenvalue weighted by molar-refractivity contribution is 0.0825. The van der Waals surface area contributed by atoms with Crippen molar-refractivity contribution in [1.82, 2.24) is 15.3 Å². The normalized spacial score (nSPS) is 20.3. The van der Waals surface area contributed by atoms with Crippen molar-refractivity contribution in [2.24, 2.45) is 5.92 Å². The van der Waals surface area contributed by atoms with E-state index >= 15 is 0 Å². The SMILES string of the molecule is O=C(NC[C@@H]1CCN(c2nc(-c3ccccc3O)nc3ccc(F)cc23)C1)OC1CCOC1. The van der Waals surface area contributed by atoms with Crippen LogP contribution in [0.3, 0.4) is 0 Å². The molecule has 0 radical (unpaired) electrons. The lowest BCUT2D eigenvalue weighted by Crippen LogP contribution is -2.34. The molecule has 2 atom stereocenters. The number of nitrogens with zero attached hydrogens (tertiary/aromatic N) is 3. The van der Waals surface area contributed by atoms with Crippen LogP contribution in [0.15, 0.2) is 42.5 Å². The maximum Gasteiger partial charge on any atom is 0.407 e. The van der Waals surface area contributed by atoms with Crippen molar-refractivity contribution >= 4 is 22.8 Å². The van der Waals surface area contributed by atoms with Crippen LogP contribution >= 0.6 is 0 Å². The zero-order chi connectivity index (χ0) is 22.8. The molecule has 2 N–H and O–H groups in total. The number of hydrogen-bond acceptors (Lipinski definition) is 7. The van der Waals surface area contributed by atoms with E-state index in [2.05, 4.69) is 15.2 Å². The molecular formula is C24H25FN4O4. The molecule has 1 aromatic heterocycles. The fourth-order valence-corrected chi connectivity index (χ4v) is 4.33. The highest BCUT2D eigenvalue weighted by Crippen LogP contribution is 2.33. The highest BCUT2D eigenvalue weighted by Gasteiger charge is 2.27. The third-order valence-electron chi connectivity index (χ3n) is 6.06. The molecule has 0 aliphatic carbocycles. The number of nitrogens with one attached hydrogen (secondary N) is 1. The number of amides is 1. The molecule has 5 rings (SSSR count). The minimum absolute atomic E-state index is 0.0829. The molecule has 2 fully saturated rings. The van der Waals surface area contributed by atoms with Gasteiger partial charge in [-0.1, -0.05) is 12.1 Å². The van der Waals surface area contributed by atoms with Gasteiger partial charge in [0.15, 0.2) is 5.82 Å². The molecule has 9 heteroatoms. The van der Waals surface area contributed by atoms with Crippen LogP contribution in [0.1, 0.15) is 12.8 Å². The van der Waals surface area contributed by atoms with Gasteiger partial charge in [0.2, 0.25) is 0 Å². The molecule has 172 valence electrons. The van der Waals surface area contributed by atoms with Gasteiger partial charge in [0.25, 0.3) is 0 Å². The molecule has 2 aromatic carbocycles. The molecule has 2 aliphatic heterocycles. The standard InChI is InChI=1S/C24H25FN4O4/c25-16-5-6-20-19(11-16)23(28-22(27-20)18-3-1-2-4-21(18)30)29-9-7-15(13-29)12-26-24(31)33-17-8-10-32-14-17/h1-6,11,15,17,30H,7-10,12-14H2,(H,26,31)/t15-,17?/m0/s1. The van der Waals surface area contributed by atoms with Crippen LogP contribution in [-0.2, 0) is 9.47 Å². The number of rotatable bonds is 5. The summed E-state index contributed by atoms with van der Waals surface area (Å²) in [5.41, 5.74) is 1.12. The molecular weight excluding hydrogens is 427 g/mol. The van der Waals surface area contributed by atoms with Gasteiger partial charge in [-0.25, -0.2) is 19.2 Å². The number of anilines is 1. The zero-order valence-corrected chi connectivity index (χ0v) is 18.0. The number of fused-ring (bicyclic) bond motifs is 1. The van der Waals surface area contributed by atoms with Crippen molar-refractivity contribution in [3.05, 3.63) is 48.3 Å². The fraction of sp³-hybridized carbons (Fsp3) is 0.375. The van der Waals surface area contributed by atoms with Gasteiger partial charge in [-0.3, -0.25) is 0 Å². The van der Waals surface area contributed by atoms with Gasteiger partial charge in [0.05, 0.1) is 24.3 Å². The molecule has 2 saturated heterocycles. The van der Waals surface area contributed by atoms with Crippen LogP contribution in [0.2, 0.25) is 0 Å². The lowest BCUT2D eigenvalue weighted by Gasteiger charge is -2.21. The summed E-state index contributed by atoms with van der Waals surface area (Å²) < 4.78 is 24.6. The maximum atomic E-state index is 14.1. The van der Waals surface area contributed by atoms with Crippen LogP contribution < -0.4 is 10.2 Å². The van der Waals surface area contributed by atoms with Crippen molar-refractivity contribution in [2.75, 3.05) is 37.7 Å². The first-order chi connectivity index (χ1) is 16.1. The van der Waals surface area contributed by atoms with Gasteiger partial charge in [0.1, 0.15) is 23.5 Å². The molecule has 1 unspecified atom stereocenters. The highest BCUT2D eigenvalue weighted by atomic mass is 19.1. The Labute approximate surface area is 190 Å². The number of aromatic nitrogens is 2. The molecule has 2 aliphatic rings. The molecule has 3 heterocycles. The Kier molecular flexibility index (Phi) is 5.95. The Morgan fingerprint density at radius 1 is 1.24 bits per heavy atom. The largest absolute Gasteiger partial charge is 0.507 e. The summed E-state index contributed by atoms with van der Waals surface area (Å²) in [5, 5.41) is 13.7. The van der Waals surface area contributed by atoms with E-state index in [-0.39, 0.29) is 23.6 Å². The summed E-state index contributed by atoms with van der Waals surface area (Å²) >= 11 is 0. The van der Waals surface area contributed by atoms with Crippen molar-refractivity contribution in [2.45, 2.75) is 18.9 Å². The first kappa shape index (κ1) is 21.4. The third kappa shape index (κ3) is 4.68. The van der Waals surface area contributed by atoms with Crippen LogP contribution in [0.5, 0.6) is 5.75 Å². The average Bonchev–Trinajstić information content (AvgIpc) is 3.50. The predicted octanol–water partition coefficient (Wildman–Crippen LogP) is 3.48. The fourth-order valence-electron chi connectivity index (χ4n) is 4.33. The van der Waals surface area contributed by atoms with E-state index in [0.29, 0.717) is 61.0 Å². The van der Waals surface area contributed by atoms with E-state index in [1.807, 2.05) is 0 Å². The second-order valence-electron chi connectivity index (χ2n) is 8.42. The quantitative estimate of drug-likeness (QED) is 0.612. The minimum atomic E-state index is -0.430. The Balaban J connectivity index is 1.35. The summed E-state index contributed by atoms with van der Waals surface area (Å²) in [6, 6.07) is 11.3. The molecule has 0 saturated carbocycles. The summed E-state index contributed by atoms with van der Waals surface area (Å²) in [7, 11) is 0. The number of carbonyl (C=O) groups is 1. The van der Waals surface area contributed by atoms with Crippen molar-refractivity contribution < 1.29 is 23.8 Å². The van der Waals surface area contributed by atoms with E-state index in [1.165, 1.54) is 12.1 Å². The number of carbonyl (C=O) groups excluding carboxylic acids is 1. The highest BCUT2D eigenvalue weighted by molar-refractivity contribution is 5.91. The molecule has 0 bridgehead atoms. The summed E-state index contributed by atoms with van der Waals surface area (Å²) in [5.74, 6) is 0.917. The Hall–Kier alpha value is -3.46. The smallest absolute Gasteiger partial charge is 0.407 e. The van der Waals surface area contributed by atoms with Crippen molar-refractivity contribution in [1.29, 1.82) is 0 Å². The van der Waals surface area contributed by atoms with E-state index in [1.54, 1.807) is 30.3 Å². The van der Waals surface area contributed by atoms with Crippen LogP contribution in [0, 0.1) is 11.7 Å². The number of phenols is 1. The number of benzene rings is 2.